The second kappa shape index (κ2) is 5.17. The second-order valence-electron chi connectivity index (χ2n) is 4.44. The number of nitrogens with zero attached hydrogens (tertiary/aromatic N) is 2. The maximum atomic E-state index is 12.1. The van der Waals surface area contributed by atoms with Gasteiger partial charge in [-0.25, -0.2) is 4.72 Å². The van der Waals surface area contributed by atoms with Crippen LogP contribution in [-0.4, -0.2) is 41.9 Å². The summed E-state index contributed by atoms with van der Waals surface area (Å²) in [6.07, 6.45) is 2.33. The summed E-state index contributed by atoms with van der Waals surface area (Å²) >= 11 is 0. The lowest BCUT2D eigenvalue weighted by molar-refractivity contribution is -0.142. The molecule has 1 aromatic rings. The fraction of sp³-hybridized carbons (Fsp3) is 0.600. The molecule has 9 heteroatoms. The molecule has 1 saturated heterocycles. The molecule has 2 N–H and O–H groups in total. The molecule has 2 heterocycles. The van der Waals surface area contributed by atoms with Crippen molar-refractivity contribution in [3.05, 3.63) is 12.0 Å². The Balaban J connectivity index is 2.08. The SMILES string of the molecule is Cc1coc(NS(=O)(=O)N2CCCC(C(=O)O)C2)n1. The van der Waals surface area contributed by atoms with Crippen LogP contribution >= 0.6 is 0 Å². The van der Waals surface area contributed by atoms with Gasteiger partial charge in [-0.2, -0.15) is 17.7 Å². The van der Waals surface area contributed by atoms with Gasteiger partial charge in [0.25, 0.3) is 0 Å². The van der Waals surface area contributed by atoms with E-state index in [1.165, 1.54) is 6.26 Å². The summed E-state index contributed by atoms with van der Waals surface area (Å²) in [5.74, 6) is -1.65. The first-order valence-corrected chi connectivity index (χ1v) is 7.25. The zero-order chi connectivity index (χ0) is 14.0. The normalized spacial score (nSPS) is 21.2. The van der Waals surface area contributed by atoms with Crippen molar-refractivity contribution in [3.63, 3.8) is 0 Å². The monoisotopic (exact) mass is 289 g/mol. The average molecular weight is 289 g/mol. The second-order valence-corrected chi connectivity index (χ2v) is 6.11. The number of aromatic nitrogens is 1. The van der Waals surface area contributed by atoms with E-state index in [9.17, 15) is 13.2 Å². The summed E-state index contributed by atoms with van der Waals surface area (Å²) < 4.78 is 32.3. The number of aryl methyl sites for hydroxylation is 1. The summed E-state index contributed by atoms with van der Waals surface area (Å²) in [7, 11) is -3.83. The molecular weight excluding hydrogens is 274 g/mol. The Morgan fingerprint density at radius 3 is 2.95 bits per heavy atom. The van der Waals surface area contributed by atoms with Crippen LogP contribution in [0, 0.1) is 12.8 Å². The molecule has 0 amide bonds. The van der Waals surface area contributed by atoms with Gasteiger partial charge in [0.15, 0.2) is 0 Å². The highest BCUT2D eigenvalue weighted by atomic mass is 32.2. The van der Waals surface area contributed by atoms with Crippen LogP contribution in [0.2, 0.25) is 0 Å². The molecule has 1 aliphatic rings. The van der Waals surface area contributed by atoms with Crippen LogP contribution in [0.1, 0.15) is 18.5 Å². The van der Waals surface area contributed by atoms with Crippen molar-refractivity contribution in [3.8, 4) is 0 Å². The fourth-order valence-electron chi connectivity index (χ4n) is 1.94. The van der Waals surface area contributed by atoms with E-state index in [1.54, 1.807) is 6.92 Å². The number of oxazole rings is 1. The highest BCUT2D eigenvalue weighted by Gasteiger charge is 2.32. The van der Waals surface area contributed by atoms with Gasteiger partial charge in [-0.05, 0) is 19.8 Å². The number of hydrogen-bond acceptors (Lipinski definition) is 5. The number of hydrogen-bond donors (Lipinski definition) is 2. The number of nitrogens with one attached hydrogen (secondary N) is 1. The van der Waals surface area contributed by atoms with Crippen molar-refractivity contribution in [1.29, 1.82) is 0 Å². The van der Waals surface area contributed by atoms with Crippen LogP contribution in [0.15, 0.2) is 10.7 Å². The molecule has 0 aliphatic carbocycles. The van der Waals surface area contributed by atoms with E-state index in [0.717, 1.165) is 4.31 Å². The first-order valence-electron chi connectivity index (χ1n) is 5.81. The van der Waals surface area contributed by atoms with E-state index in [0.29, 0.717) is 25.1 Å². The Hall–Kier alpha value is -1.61. The minimum atomic E-state index is -3.83. The maximum absolute atomic E-state index is 12.1. The van der Waals surface area contributed by atoms with Gasteiger partial charge in [0, 0.05) is 13.1 Å². The number of piperidine rings is 1. The molecule has 19 heavy (non-hydrogen) atoms. The van der Waals surface area contributed by atoms with E-state index >= 15 is 0 Å². The third kappa shape index (κ3) is 3.24. The van der Waals surface area contributed by atoms with Crippen molar-refractivity contribution in [1.82, 2.24) is 9.29 Å². The molecule has 1 unspecified atom stereocenters. The molecule has 0 saturated carbocycles. The Bertz CT molecular complexity index is 567. The molecule has 8 nitrogen and oxygen atoms in total. The van der Waals surface area contributed by atoms with Crippen LogP contribution in [0.25, 0.3) is 0 Å². The highest BCUT2D eigenvalue weighted by Crippen LogP contribution is 2.20. The molecule has 0 aromatic carbocycles. The van der Waals surface area contributed by atoms with Gasteiger partial charge in [0.05, 0.1) is 11.6 Å². The van der Waals surface area contributed by atoms with Gasteiger partial charge in [-0.1, -0.05) is 0 Å². The third-order valence-corrected chi connectivity index (χ3v) is 4.35. The van der Waals surface area contributed by atoms with Gasteiger partial charge in [0.2, 0.25) is 0 Å². The van der Waals surface area contributed by atoms with Crippen molar-refractivity contribution in [2.45, 2.75) is 19.8 Å². The standard InChI is InChI=1S/C10H15N3O5S/c1-7-6-18-10(11-7)12-19(16,17)13-4-2-3-8(5-13)9(14)15/h6,8H,2-5H2,1H3,(H,11,12)(H,14,15). The lowest BCUT2D eigenvalue weighted by Crippen LogP contribution is -2.44. The van der Waals surface area contributed by atoms with Crippen molar-refractivity contribution >= 4 is 22.2 Å². The lowest BCUT2D eigenvalue weighted by Gasteiger charge is -2.29. The minimum absolute atomic E-state index is 0.0373. The molecule has 2 rings (SSSR count). The molecular formula is C10H15N3O5S. The number of carboxylic acid groups (broad SMARTS) is 1. The van der Waals surface area contributed by atoms with Crippen LogP contribution < -0.4 is 4.72 Å². The Labute approximate surface area is 110 Å². The van der Waals surface area contributed by atoms with E-state index in [-0.39, 0.29) is 12.6 Å². The van der Waals surface area contributed by atoms with Gasteiger partial charge in [-0.3, -0.25) is 4.79 Å². The highest BCUT2D eigenvalue weighted by molar-refractivity contribution is 7.90. The van der Waals surface area contributed by atoms with Crippen LogP contribution in [0.5, 0.6) is 0 Å². The zero-order valence-corrected chi connectivity index (χ0v) is 11.2. The predicted octanol–water partition coefficient (Wildman–Crippen LogP) is 0.436. The molecule has 0 radical (unpaired) electrons. The molecule has 1 aromatic heterocycles. The molecule has 1 atom stereocenters. The smallest absolute Gasteiger partial charge is 0.309 e. The largest absolute Gasteiger partial charge is 0.481 e. The molecule has 1 aliphatic heterocycles. The fourth-order valence-corrected chi connectivity index (χ4v) is 3.13. The van der Waals surface area contributed by atoms with Crippen LogP contribution in [-0.2, 0) is 15.0 Å². The van der Waals surface area contributed by atoms with Crippen molar-refractivity contribution < 1.29 is 22.7 Å². The van der Waals surface area contributed by atoms with Crippen LogP contribution in [0.3, 0.4) is 0 Å². The summed E-state index contributed by atoms with van der Waals surface area (Å²) in [6.45, 7) is 1.92. The third-order valence-electron chi connectivity index (χ3n) is 2.91. The predicted molar refractivity (Wildman–Crippen MR) is 65.7 cm³/mol. The number of anilines is 1. The number of aliphatic carboxylic acids is 1. The van der Waals surface area contributed by atoms with Gasteiger partial charge < -0.3 is 9.52 Å². The van der Waals surface area contributed by atoms with Crippen molar-refractivity contribution in [2.24, 2.45) is 5.92 Å². The minimum Gasteiger partial charge on any atom is -0.481 e. The zero-order valence-electron chi connectivity index (χ0n) is 10.4. The number of carboxylic acids is 1. The van der Waals surface area contributed by atoms with Gasteiger partial charge >= 0.3 is 22.2 Å². The molecule has 0 bridgehead atoms. The number of rotatable bonds is 4. The maximum Gasteiger partial charge on any atom is 0.309 e. The summed E-state index contributed by atoms with van der Waals surface area (Å²) in [5, 5.41) is 8.94. The summed E-state index contributed by atoms with van der Waals surface area (Å²) in [4.78, 5) is 14.8. The first kappa shape index (κ1) is 13.8. The summed E-state index contributed by atoms with van der Waals surface area (Å²) in [6, 6.07) is -0.116. The van der Waals surface area contributed by atoms with Crippen LogP contribution in [0.4, 0.5) is 6.01 Å². The van der Waals surface area contributed by atoms with E-state index < -0.39 is 22.1 Å². The Kier molecular flexibility index (Phi) is 3.76. The topological polar surface area (TPSA) is 113 Å². The first-order chi connectivity index (χ1) is 8.88. The average Bonchev–Trinajstić information content (AvgIpc) is 2.74. The molecule has 106 valence electrons. The molecule has 0 spiro atoms. The Morgan fingerprint density at radius 2 is 2.37 bits per heavy atom. The van der Waals surface area contributed by atoms with E-state index in [2.05, 4.69) is 9.71 Å². The van der Waals surface area contributed by atoms with E-state index in [4.69, 9.17) is 9.52 Å². The summed E-state index contributed by atoms with van der Waals surface area (Å²) in [5.41, 5.74) is 0.555. The molecule has 1 fully saturated rings. The van der Waals surface area contributed by atoms with Crippen molar-refractivity contribution in [2.75, 3.05) is 17.8 Å². The number of carbonyl (C=O) groups is 1. The quantitative estimate of drug-likeness (QED) is 0.831. The lowest BCUT2D eigenvalue weighted by atomic mass is 10.0. The Morgan fingerprint density at radius 1 is 1.63 bits per heavy atom. The van der Waals surface area contributed by atoms with E-state index in [1.807, 2.05) is 0 Å². The van der Waals surface area contributed by atoms with Gasteiger partial charge in [-0.15, -0.1) is 0 Å². The van der Waals surface area contributed by atoms with Gasteiger partial charge in [0.1, 0.15) is 6.26 Å².